The van der Waals surface area contributed by atoms with Crippen LogP contribution >= 0.6 is 0 Å². The van der Waals surface area contributed by atoms with E-state index in [0.717, 1.165) is 25.7 Å². The summed E-state index contributed by atoms with van der Waals surface area (Å²) in [5, 5.41) is 0. The third kappa shape index (κ3) is 2.78. The van der Waals surface area contributed by atoms with E-state index in [0.29, 0.717) is 0 Å². The lowest BCUT2D eigenvalue weighted by Crippen LogP contribution is -2.27. The summed E-state index contributed by atoms with van der Waals surface area (Å²) < 4.78 is 13.2. The molecular formula is C9H18FN. The molecule has 1 aliphatic rings. The van der Waals surface area contributed by atoms with Crippen molar-refractivity contribution in [2.75, 3.05) is 0 Å². The minimum atomic E-state index is -0.574. The van der Waals surface area contributed by atoms with E-state index in [1.54, 1.807) is 0 Å². The lowest BCUT2D eigenvalue weighted by molar-refractivity contribution is 0.152. The predicted octanol–water partition coefficient (Wildman–Crippen LogP) is 2.25. The molecule has 0 saturated heterocycles. The van der Waals surface area contributed by atoms with Gasteiger partial charge in [0.05, 0.1) is 0 Å². The van der Waals surface area contributed by atoms with Crippen LogP contribution in [0.2, 0.25) is 0 Å². The molecule has 2 heteroatoms. The van der Waals surface area contributed by atoms with Crippen LogP contribution in [-0.2, 0) is 0 Å². The van der Waals surface area contributed by atoms with E-state index >= 15 is 0 Å². The first-order valence-electron chi connectivity index (χ1n) is 4.60. The predicted molar refractivity (Wildman–Crippen MR) is 45.1 cm³/mol. The number of halogens is 1. The van der Waals surface area contributed by atoms with E-state index in [4.69, 9.17) is 5.73 Å². The third-order valence-corrected chi connectivity index (χ3v) is 2.49. The molecule has 1 fully saturated rings. The largest absolute Gasteiger partial charge is 0.328 e. The second-order valence-corrected chi connectivity index (χ2v) is 3.77. The number of hydrogen-bond donors (Lipinski definition) is 1. The van der Waals surface area contributed by atoms with Gasteiger partial charge in [0.15, 0.2) is 0 Å². The molecule has 1 nitrogen and oxygen atoms in total. The van der Waals surface area contributed by atoms with Crippen molar-refractivity contribution in [1.82, 2.24) is 0 Å². The average molecular weight is 159 g/mol. The fourth-order valence-corrected chi connectivity index (χ4v) is 1.91. The fourth-order valence-electron chi connectivity index (χ4n) is 1.91. The highest BCUT2D eigenvalue weighted by atomic mass is 19.1. The van der Waals surface area contributed by atoms with Crippen molar-refractivity contribution in [2.24, 2.45) is 11.7 Å². The SMILES string of the molecule is CC(N)CC1CCCCC1F. The molecular weight excluding hydrogens is 141 g/mol. The van der Waals surface area contributed by atoms with E-state index < -0.39 is 6.17 Å². The number of hydrogen-bond acceptors (Lipinski definition) is 1. The molecule has 3 unspecified atom stereocenters. The summed E-state index contributed by atoms with van der Waals surface area (Å²) in [5.41, 5.74) is 5.62. The first kappa shape index (κ1) is 8.98. The van der Waals surface area contributed by atoms with Gasteiger partial charge in [0.25, 0.3) is 0 Å². The molecule has 0 radical (unpaired) electrons. The van der Waals surface area contributed by atoms with Crippen LogP contribution in [0.1, 0.15) is 39.0 Å². The van der Waals surface area contributed by atoms with Crippen LogP contribution in [-0.4, -0.2) is 12.2 Å². The van der Waals surface area contributed by atoms with Crippen molar-refractivity contribution in [3.63, 3.8) is 0 Å². The molecule has 1 saturated carbocycles. The average Bonchev–Trinajstić information content (AvgIpc) is 1.93. The lowest BCUT2D eigenvalue weighted by Gasteiger charge is -2.26. The fraction of sp³-hybridized carbons (Fsp3) is 1.00. The smallest absolute Gasteiger partial charge is 0.103 e. The van der Waals surface area contributed by atoms with Crippen LogP contribution in [0.5, 0.6) is 0 Å². The van der Waals surface area contributed by atoms with Gasteiger partial charge in [-0.05, 0) is 32.1 Å². The Morgan fingerprint density at radius 2 is 2.09 bits per heavy atom. The normalized spacial score (nSPS) is 35.2. The first-order valence-corrected chi connectivity index (χ1v) is 4.60. The molecule has 66 valence electrons. The Morgan fingerprint density at radius 1 is 1.45 bits per heavy atom. The minimum absolute atomic E-state index is 0.163. The standard InChI is InChI=1S/C9H18FN/c1-7(11)6-8-4-2-3-5-9(8)10/h7-9H,2-6,11H2,1H3. The van der Waals surface area contributed by atoms with Gasteiger partial charge in [0, 0.05) is 6.04 Å². The highest BCUT2D eigenvalue weighted by Gasteiger charge is 2.24. The van der Waals surface area contributed by atoms with Gasteiger partial charge in [0.2, 0.25) is 0 Å². The molecule has 0 aromatic carbocycles. The van der Waals surface area contributed by atoms with E-state index in [9.17, 15) is 4.39 Å². The molecule has 0 amide bonds. The maximum Gasteiger partial charge on any atom is 0.103 e. The van der Waals surface area contributed by atoms with Gasteiger partial charge in [-0.1, -0.05) is 12.8 Å². The molecule has 11 heavy (non-hydrogen) atoms. The zero-order chi connectivity index (χ0) is 8.27. The minimum Gasteiger partial charge on any atom is -0.328 e. The Balaban J connectivity index is 2.29. The molecule has 0 aromatic heterocycles. The van der Waals surface area contributed by atoms with Crippen LogP contribution in [0.4, 0.5) is 4.39 Å². The molecule has 0 spiro atoms. The summed E-state index contributed by atoms with van der Waals surface area (Å²) in [4.78, 5) is 0. The van der Waals surface area contributed by atoms with Gasteiger partial charge in [-0.2, -0.15) is 0 Å². The monoisotopic (exact) mass is 159 g/mol. The summed E-state index contributed by atoms with van der Waals surface area (Å²) in [5.74, 6) is 0.253. The van der Waals surface area contributed by atoms with Crippen LogP contribution in [0, 0.1) is 5.92 Å². The van der Waals surface area contributed by atoms with E-state index in [1.807, 2.05) is 6.92 Å². The van der Waals surface area contributed by atoms with Crippen LogP contribution < -0.4 is 5.73 Å². The lowest BCUT2D eigenvalue weighted by atomic mass is 9.84. The Morgan fingerprint density at radius 3 is 2.64 bits per heavy atom. The van der Waals surface area contributed by atoms with Gasteiger partial charge >= 0.3 is 0 Å². The van der Waals surface area contributed by atoms with Gasteiger partial charge in [-0.3, -0.25) is 0 Å². The molecule has 0 bridgehead atoms. The third-order valence-electron chi connectivity index (χ3n) is 2.49. The van der Waals surface area contributed by atoms with Gasteiger partial charge in [0.1, 0.15) is 6.17 Å². The van der Waals surface area contributed by atoms with Crippen molar-refractivity contribution in [3.8, 4) is 0 Å². The zero-order valence-corrected chi connectivity index (χ0v) is 7.22. The van der Waals surface area contributed by atoms with Crippen LogP contribution in [0.15, 0.2) is 0 Å². The molecule has 0 aromatic rings. The Bertz CT molecular complexity index is 114. The van der Waals surface area contributed by atoms with Gasteiger partial charge < -0.3 is 5.73 Å². The van der Waals surface area contributed by atoms with Crippen molar-refractivity contribution >= 4 is 0 Å². The van der Waals surface area contributed by atoms with Gasteiger partial charge in [-0.15, -0.1) is 0 Å². The van der Waals surface area contributed by atoms with Crippen molar-refractivity contribution < 1.29 is 4.39 Å². The molecule has 3 atom stereocenters. The topological polar surface area (TPSA) is 26.0 Å². The number of alkyl halides is 1. The van der Waals surface area contributed by atoms with E-state index in [-0.39, 0.29) is 12.0 Å². The summed E-state index contributed by atoms with van der Waals surface area (Å²) >= 11 is 0. The van der Waals surface area contributed by atoms with Gasteiger partial charge in [-0.25, -0.2) is 4.39 Å². The second-order valence-electron chi connectivity index (χ2n) is 3.77. The Labute approximate surface area is 68.2 Å². The molecule has 0 heterocycles. The Kier molecular flexibility index (Phi) is 3.31. The first-order chi connectivity index (χ1) is 5.20. The van der Waals surface area contributed by atoms with E-state index in [2.05, 4.69) is 0 Å². The quantitative estimate of drug-likeness (QED) is 0.657. The molecule has 1 aliphatic carbocycles. The maximum absolute atomic E-state index is 13.2. The van der Waals surface area contributed by atoms with E-state index in [1.165, 1.54) is 6.42 Å². The second kappa shape index (κ2) is 4.05. The van der Waals surface area contributed by atoms with Crippen LogP contribution in [0.25, 0.3) is 0 Å². The number of rotatable bonds is 2. The summed E-state index contributed by atoms with van der Waals surface area (Å²) in [6.45, 7) is 1.96. The summed E-state index contributed by atoms with van der Waals surface area (Å²) in [6.07, 6.45) is 4.35. The highest BCUT2D eigenvalue weighted by molar-refractivity contribution is 4.77. The van der Waals surface area contributed by atoms with Crippen molar-refractivity contribution in [1.29, 1.82) is 0 Å². The summed E-state index contributed by atoms with van der Waals surface area (Å²) in [6, 6.07) is 0.163. The summed E-state index contributed by atoms with van der Waals surface area (Å²) in [7, 11) is 0. The zero-order valence-electron chi connectivity index (χ0n) is 7.22. The highest BCUT2D eigenvalue weighted by Crippen LogP contribution is 2.29. The maximum atomic E-state index is 13.2. The van der Waals surface area contributed by atoms with Crippen molar-refractivity contribution in [2.45, 2.75) is 51.2 Å². The van der Waals surface area contributed by atoms with Crippen LogP contribution in [0.3, 0.4) is 0 Å². The Hall–Kier alpha value is -0.110. The molecule has 0 aliphatic heterocycles. The molecule has 1 rings (SSSR count). The van der Waals surface area contributed by atoms with Crippen molar-refractivity contribution in [3.05, 3.63) is 0 Å². The number of nitrogens with two attached hydrogens (primary N) is 1. The molecule has 2 N–H and O–H groups in total.